The van der Waals surface area contributed by atoms with Crippen LogP contribution in [0.3, 0.4) is 0 Å². The first-order valence-electron chi connectivity index (χ1n) is 15.3. The smallest absolute Gasteiger partial charge is 0.262 e. The molecule has 0 aromatic heterocycles. The molecule has 2 aliphatic heterocycles. The van der Waals surface area contributed by atoms with E-state index in [9.17, 15) is 19.2 Å². The van der Waals surface area contributed by atoms with Crippen LogP contribution >= 0.6 is 0 Å². The molecule has 3 aliphatic rings. The van der Waals surface area contributed by atoms with E-state index in [1.165, 1.54) is 0 Å². The Labute approximate surface area is 256 Å². The number of nitrogens with one attached hydrogen (secondary N) is 2. The second-order valence-electron chi connectivity index (χ2n) is 11.6. The third-order valence-corrected chi connectivity index (χ3v) is 8.29. The summed E-state index contributed by atoms with van der Waals surface area (Å²) in [6.07, 6.45) is 5.76. The number of nitrogens with two attached hydrogens (primary N) is 1. The SMILES string of the molecule is NCCCCC(=O)N1CCCc2ccc(NC(=O)c3ccc(CN(C(=O)c4ccc5c(c4)OCC(=O)N5)C4CC4)cc3)cc21. The van der Waals surface area contributed by atoms with Crippen molar-refractivity contribution in [1.29, 1.82) is 0 Å². The van der Waals surface area contributed by atoms with E-state index < -0.39 is 0 Å². The van der Waals surface area contributed by atoms with Crippen molar-refractivity contribution in [2.75, 3.05) is 35.2 Å². The van der Waals surface area contributed by atoms with Gasteiger partial charge in [0.15, 0.2) is 6.61 Å². The maximum Gasteiger partial charge on any atom is 0.262 e. The van der Waals surface area contributed by atoms with Gasteiger partial charge in [0.25, 0.3) is 17.7 Å². The summed E-state index contributed by atoms with van der Waals surface area (Å²) >= 11 is 0. The van der Waals surface area contributed by atoms with Crippen molar-refractivity contribution in [2.45, 2.75) is 57.5 Å². The maximum atomic E-state index is 13.5. The first-order valence-corrected chi connectivity index (χ1v) is 15.3. The van der Waals surface area contributed by atoms with Gasteiger partial charge in [-0.3, -0.25) is 19.2 Å². The van der Waals surface area contributed by atoms with Crippen LogP contribution in [0.5, 0.6) is 5.75 Å². The number of benzene rings is 3. The number of nitrogens with zero attached hydrogens (tertiary/aromatic N) is 2. The number of amides is 4. The Morgan fingerprint density at radius 1 is 1.00 bits per heavy atom. The molecule has 44 heavy (non-hydrogen) atoms. The average molecular weight is 596 g/mol. The van der Waals surface area contributed by atoms with Gasteiger partial charge in [-0.1, -0.05) is 18.2 Å². The van der Waals surface area contributed by atoms with Crippen molar-refractivity contribution in [1.82, 2.24) is 4.90 Å². The lowest BCUT2D eigenvalue weighted by Gasteiger charge is -2.30. The van der Waals surface area contributed by atoms with Crippen LogP contribution in [0.2, 0.25) is 0 Å². The number of anilines is 3. The number of fused-ring (bicyclic) bond motifs is 2. The highest BCUT2D eigenvalue weighted by Gasteiger charge is 2.33. The van der Waals surface area contributed by atoms with E-state index in [0.717, 1.165) is 55.3 Å². The largest absolute Gasteiger partial charge is 0.482 e. The number of hydrogen-bond donors (Lipinski definition) is 3. The molecule has 228 valence electrons. The molecule has 0 radical (unpaired) electrons. The molecule has 0 atom stereocenters. The Morgan fingerprint density at radius 3 is 2.57 bits per heavy atom. The molecule has 10 nitrogen and oxygen atoms in total. The molecule has 1 saturated carbocycles. The third kappa shape index (κ3) is 6.60. The summed E-state index contributed by atoms with van der Waals surface area (Å²) in [6.45, 7) is 1.59. The van der Waals surface area contributed by atoms with E-state index in [1.54, 1.807) is 30.3 Å². The summed E-state index contributed by atoms with van der Waals surface area (Å²) in [5.74, 6) is 0.0122. The van der Waals surface area contributed by atoms with E-state index in [0.29, 0.717) is 54.3 Å². The Morgan fingerprint density at radius 2 is 1.80 bits per heavy atom. The Kier molecular flexibility index (Phi) is 8.60. The van der Waals surface area contributed by atoms with Gasteiger partial charge in [-0.2, -0.15) is 0 Å². The van der Waals surface area contributed by atoms with Crippen molar-refractivity contribution in [3.05, 3.63) is 82.9 Å². The monoisotopic (exact) mass is 595 g/mol. The number of unbranched alkanes of at least 4 members (excludes halogenated alkanes) is 1. The van der Waals surface area contributed by atoms with Gasteiger partial charge in [0, 0.05) is 48.1 Å². The molecule has 4 amide bonds. The summed E-state index contributed by atoms with van der Waals surface area (Å²) < 4.78 is 5.50. The lowest BCUT2D eigenvalue weighted by molar-refractivity contribution is -0.119. The Bertz CT molecular complexity index is 1580. The standard InChI is InChI=1S/C34H37N5O5/c35-16-2-1-5-32(41)38-17-3-4-23-10-12-26(19-29(23)38)36-33(42)24-8-6-22(7-9-24)20-39(27-13-14-27)34(43)25-11-15-28-30(18-25)44-21-31(40)37-28/h6-12,15,18-19,27H,1-5,13-14,16-17,20-21,35H2,(H,36,42)(H,37,40). The molecule has 6 rings (SSSR count). The van der Waals surface area contributed by atoms with Crippen molar-refractivity contribution in [3.63, 3.8) is 0 Å². The number of ether oxygens (including phenoxy) is 1. The normalized spacial score (nSPS) is 15.4. The summed E-state index contributed by atoms with van der Waals surface area (Å²) in [4.78, 5) is 54.8. The minimum absolute atomic E-state index is 0.0723. The number of aryl methyl sites for hydroxylation is 1. The lowest BCUT2D eigenvalue weighted by Crippen LogP contribution is -2.35. The Balaban J connectivity index is 1.11. The van der Waals surface area contributed by atoms with Crippen LogP contribution in [0.1, 0.15) is 70.4 Å². The van der Waals surface area contributed by atoms with E-state index in [2.05, 4.69) is 10.6 Å². The van der Waals surface area contributed by atoms with Crippen molar-refractivity contribution >= 4 is 40.7 Å². The van der Waals surface area contributed by atoms with Crippen molar-refractivity contribution < 1.29 is 23.9 Å². The second-order valence-corrected chi connectivity index (χ2v) is 11.6. The first-order chi connectivity index (χ1) is 21.4. The fourth-order valence-corrected chi connectivity index (χ4v) is 5.75. The van der Waals surface area contributed by atoms with Gasteiger partial charge in [-0.25, -0.2) is 0 Å². The molecular formula is C34H37N5O5. The lowest BCUT2D eigenvalue weighted by atomic mass is 10.00. The molecule has 4 N–H and O–H groups in total. The maximum absolute atomic E-state index is 13.5. The van der Waals surface area contributed by atoms with Crippen molar-refractivity contribution in [3.8, 4) is 5.75 Å². The highest BCUT2D eigenvalue weighted by molar-refractivity contribution is 6.05. The van der Waals surface area contributed by atoms with Crippen LogP contribution in [0.25, 0.3) is 0 Å². The van der Waals surface area contributed by atoms with Gasteiger partial charge in [0.05, 0.1) is 5.69 Å². The number of carbonyl (C=O) groups is 4. The molecule has 3 aromatic rings. The minimum atomic E-state index is -0.246. The third-order valence-electron chi connectivity index (χ3n) is 8.29. The predicted octanol–water partition coefficient (Wildman–Crippen LogP) is 4.48. The molecule has 0 unspecified atom stereocenters. The van der Waals surface area contributed by atoms with E-state index in [4.69, 9.17) is 10.5 Å². The summed E-state index contributed by atoms with van der Waals surface area (Å²) in [5.41, 5.74) is 10.7. The molecule has 1 aliphatic carbocycles. The number of carbonyl (C=O) groups excluding carboxylic acids is 4. The molecule has 10 heteroatoms. The number of hydrogen-bond acceptors (Lipinski definition) is 6. The van der Waals surface area contributed by atoms with E-state index in [1.807, 2.05) is 40.1 Å². The highest BCUT2D eigenvalue weighted by Crippen LogP contribution is 2.34. The van der Waals surface area contributed by atoms with Crippen LogP contribution in [0, 0.1) is 0 Å². The van der Waals surface area contributed by atoms with Gasteiger partial charge in [0.1, 0.15) is 5.75 Å². The molecule has 1 fully saturated rings. The molecule has 3 aromatic carbocycles. The predicted molar refractivity (Wildman–Crippen MR) is 168 cm³/mol. The van der Waals surface area contributed by atoms with Gasteiger partial charge < -0.3 is 30.9 Å². The average Bonchev–Trinajstić information content (AvgIpc) is 3.88. The quantitative estimate of drug-likeness (QED) is 0.296. The van der Waals surface area contributed by atoms with Gasteiger partial charge in [0.2, 0.25) is 5.91 Å². The summed E-state index contributed by atoms with van der Waals surface area (Å²) in [5, 5.41) is 5.73. The van der Waals surface area contributed by atoms with Crippen LogP contribution in [-0.4, -0.2) is 54.3 Å². The zero-order valence-electron chi connectivity index (χ0n) is 24.6. The van der Waals surface area contributed by atoms with Crippen LogP contribution in [-0.2, 0) is 22.6 Å². The summed E-state index contributed by atoms with van der Waals surface area (Å²) in [6, 6.07) is 18.3. The van der Waals surface area contributed by atoms with Crippen LogP contribution in [0.15, 0.2) is 60.7 Å². The van der Waals surface area contributed by atoms with Crippen LogP contribution < -0.4 is 26.0 Å². The molecule has 0 bridgehead atoms. The molecule has 0 spiro atoms. The Hall–Kier alpha value is -4.70. The summed E-state index contributed by atoms with van der Waals surface area (Å²) in [7, 11) is 0. The van der Waals surface area contributed by atoms with Crippen molar-refractivity contribution in [2.24, 2.45) is 5.73 Å². The molecule has 2 heterocycles. The zero-order chi connectivity index (χ0) is 30.6. The van der Waals surface area contributed by atoms with E-state index >= 15 is 0 Å². The zero-order valence-corrected chi connectivity index (χ0v) is 24.6. The first kappa shape index (κ1) is 29.4. The second kappa shape index (κ2) is 12.9. The minimum Gasteiger partial charge on any atom is -0.482 e. The molecule has 0 saturated heterocycles. The van der Waals surface area contributed by atoms with Gasteiger partial charge in [-0.15, -0.1) is 0 Å². The van der Waals surface area contributed by atoms with Crippen LogP contribution in [0.4, 0.5) is 17.1 Å². The topological polar surface area (TPSA) is 134 Å². The highest BCUT2D eigenvalue weighted by atomic mass is 16.5. The van der Waals surface area contributed by atoms with E-state index in [-0.39, 0.29) is 36.3 Å². The fourth-order valence-electron chi connectivity index (χ4n) is 5.75. The fraction of sp³-hybridized carbons (Fsp3) is 0.353. The van der Waals surface area contributed by atoms with Gasteiger partial charge >= 0.3 is 0 Å². The number of rotatable bonds is 10. The molecular weight excluding hydrogens is 558 g/mol. The van der Waals surface area contributed by atoms with Gasteiger partial charge in [-0.05, 0) is 98.7 Å².